The van der Waals surface area contributed by atoms with Gasteiger partial charge in [0.15, 0.2) is 5.69 Å². The SMILES string of the molecule is Cc1csc2n1c(C(=O)c1ccccc1)c(C)[n+]2-c1ccc(F)cc1. The molecule has 124 valence electrons. The molecule has 2 aromatic heterocycles. The lowest BCUT2D eigenvalue weighted by molar-refractivity contribution is -0.571. The van der Waals surface area contributed by atoms with Gasteiger partial charge < -0.3 is 0 Å². The molecule has 0 unspecified atom stereocenters. The fraction of sp³-hybridized carbons (Fsp3) is 0.100. The lowest BCUT2D eigenvalue weighted by Crippen LogP contribution is -2.32. The van der Waals surface area contributed by atoms with Crippen molar-refractivity contribution in [1.29, 1.82) is 0 Å². The average Bonchev–Trinajstić information content (AvgIpc) is 3.13. The molecule has 0 fully saturated rings. The standard InChI is InChI=1S/C20H16FN2OS/c1-13-12-25-20-22(13)18(19(24)15-6-4-3-5-7-15)14(2)23(20)17-10-8-16(21)9-11-17/h3-12H,1-2H3/q+1. The zero-order valence-electron chi connectivity index (χ0n) is 13.9. The first kappa shape index (κ1) is 15.7. The van der Waals surface area contributed by atoms with Crippen LogP contribution in [0.1, 0.15) is 27.4 Å². The molecule has 0 amide bonds. The van der Waals surface area contributed by atoms with Gasteiger partial charge >= 0.3 is 4.96 Å². The predicted molar refractivity (Wildman–Crippen MR) is 96.1 cm³/mol. The van der Waals surface area contributed by atoms with Crippen LogP contribution in [-0.2, 0) is 0 Å². The molecule has 0 atom stereocenters. The predicted octanol–water partition coefficient (Wildman–Crippen LogP) is 4.26. The Balaban J connectivity index is 2.00. The normalized spacial score (nSPS) is 11.2. The summed E-state index contributed by atoms with van der Waals surface area (Å²) in [6.07, 6.45) is 0. The fourth-order valence-corrected chi connectivity index (χ4v) is 4.19. The van der Waals surface area contributed by atoms with E-state index in [9.17, 15) is 9.18 Å². The molecule has 25 heavy (non-hydrogen) atoms. The molecule has 3 nitrogen and oxygen atoms in total. The summed E-state index contributed by atoms with van der Waals surface area (Å²) in [6, 6.07) is 15.6. The number of carbonyl (C=O) groups is 1. The summed E-state index contributed by atoms with van der Waals surface area (Å²) in [5.74, 6) is -0.295. The van der Waals surface area contributed by atoms with Crippen LogP contribution in [-0.4, -0.2) is 10.2 Å². The van der Waals surface area contributed by atoms with Gasteiger partial charge in [-0.05, 0) is 31.2 Å². The van der Waals surface area contributed by atoms with Crippen molar-refractivity contribution in [3.05, 3.63) is 88.4 Å². The van der Waals surface area contributed by atoms with E-state index < -0.39 is 0 Å². The highest BCUT2D eigenvalue weighted by Crippen LogP contribution is 2.23. The molecule has 0 saturated heterocycles. The van der Waals surface area contributed by atoms with E-state index in [0.29, 0.717) is 11.3 Å². The van der Waals surface area contributed by atoms with Crippen LogP contribution in [0.3, 0.4) is 0 Å². The Morgan fingerprint density at radius 3 is 2.40 bits per heavy atom. The van der Waals surface area contributed by atoms with E-state index in [-0.39, 0.29) is 11.6 Å². The van der Waals surface area contributed by atoms with Crippen molar-refractivity contribution in [3.63, 3.8) is 0 Å². The van der Waals surface area contributed by atoms with Crippen molar-refractivity contribution in [2.75, 3.05) is 0 Å². The van der Waals surface area contributed by atoms with E-state index in [1.165, 1.54) is 12.1 Å². The van der Waals surface area contributed by atoms with Crippen LogP contribution < -0.4 is 4.57 Å². The molecular formula is C20H16FN2OS+. The Kier molecular flexibility index (Phi) is 3.73. The molecule has 2 aromatic carbocycles. The van der Waals surface area contributed by atoms with E-state index in [0.717, 1.165) is 22.0 Å². The quantitative estimate of drug-likeness (QED) is 0.400. The third kappa shape index (κ3) is 2.48. The van der Waals surface area contributed by atoms with Gasteiger partial charge in [-0.1, -0.05) is 41.7 Å². The van der Waals surface area contributed by atoms with E-state index >= 15 is 0 Å². The second-order valence-electron chi connectivity index (χ2n) is 5.94. The molecule has 5 heteroatoms. The van der Waals surface area contributed by atoms with Gasteiger partial charge in [0.25, 0.3) is 0 Å². The molecule has 0 spiro atoms. The number of fused-ring (bicyclic) bond motifs is 1. The summed E-state index contributed by atoms with van der Waals surface area (Å²) in [7, 11) is 0. The highest BCUT2D eigenvalue weighted by Gasteiger charge is 2.32. The van der Waals surface area contributed by atoms with E-state index in [4.69, 9.17) is 0 Å². The van der Waals surface area contributed by atoms with Gasteiger partial charge in [-0.2, -0.15) is 8.97 Å². The van der Waals surface area contributed by atoms with Crippen molar-refractivity contribution < 1.29 is 13.8 Å². The van der Waals surface area contributed by atoms with Crippen molar-refractivity contribution in [2.24, 2.45) is 0 Å². The van der Waals surface area contributed by atoms with Crippen LogP contribution >= 0.6 is 11.3 Å². The van der Waals surface area contributed by atoms with Gasteiger partial charge in [-0.3, -0.25) is 4.79 Å². The van der Waals surface area contributed by atoms with Crippen LogP contribution in [0.4, 0.5) is 4.39 Å². The molecule has 4 aromatic rings. The summed E-state index contributed by atoms with van der Waals surface area (Å²) in [5.41, 5.74) is 3.98. The number of hydrogen-bond acceptors (Lipinski definition) is 2. The Morgan fingerprint density at radius 2 is 1.72 bits per heavy atom. The number of benzene rings is 2. The highest BCUT2D eigenvalue weighted by atomic mass is 32.1. The third-order valence-corrected chi connectivity index (χ3v) is 5.34. The number of carbonyl (C=O) groups excluding carboxylic acids is 1. The molecule has 2 heterocycles. The number of thiazole rings is 1. The Hall–Kier alpha value is -2.79. The van der Waals surface area contributed by atoms with Gasteiger partial charge in [-0.25, -0.2) is 4.39 Å². The highest BCUT2D eigenvalue weighted by molar-refractivity contribution is 7.14. The first-order chi connectivity index (χ1) is 12.1. The monoisotopic (exact) mass is 351 g/mol. The first-order valence-corrected chi connectivity index (χ1v) is 8.82. The lowest BCUT2D eigenvalue weighted by Gasteiger charge is -2.00. The van der Waals surface area contributed by atoms with Crippen molar-refractivity contribution in [3.8, 4) is 5.69 Å². The van der Waals surface area contributed by atoms with Crippen molar-refractivity contribution >= 4 is 22.1 Å². The Bertz CT molecular complexity index is 1080. The minimum Gasteiger partial charge on any atom is -0.284 e. The molecule has 0 aliphatic carbocycles. The molecule has 0 bridgehead atoms. The maximum Gasteiger partial charge on any atom is 0.351 e. The smallest absolute Gasteiger partial charge is 0.284 e. The summed E-state index contributed by atoms with van der Waals surface area (Å²) in [6.45, 7) is 3.92. The average molecular weight is 351 g/mol. The second-order valence-corrected chi connectivity index (χ2v) is 6.77. The molecule has 0 N–H and O–H groups in total. The molecular weight excluding hydrogens is 335 g/mol. The summed E-state index contributed by atoms with van der Waals surface area (Å²) >= 11 is 1.57. The number of aryl methyl sites for hydroxylation is 1. The zero-order chi connectivity index (χ0) is 17.6. The van der Waals surface area contributed by atoms with Crippen LogP contribution in [0.25, 0.3) is 10.6 Å². The fourth-order valence-electron chi connectivity index (χ4n) is 3.12. The maximum atomic E-state index is 13.3. The van der Waals surface area contributed by atoms with Crippen molar-refractivity contribution in [2.45, 2.75) is 13.8 Å². The number of nitrogens with zero attached hydrogens (tertiary/aromatic N) is 2. The molecule has 0 aliphatic heterocycles. The topological polar surface area (TPSA) is 25.4 Å². The summed E-state index contributed by atoms with van der Waals surface area (Å²) in [5, 5.41) is 2.02. The first-order valence-electron chi connectivity index (χ1n) is 7.95. The molecule has 0 saturated carbocycles. The minimum atomic E-state index is -0.277. The molecule has 0 aliphatic rings. The zero-order valence-corrected chi connectivity index (χ0v) is 14.7. The van der Waals surface area contributed by atoms with E-state index in [1.54, 1.807) is 23.5 Å². The minimum absolute atomic E-state index is 0.0181. The van der Waals surface area contributed by atoms with Gasteiger partial charge in [0.05, 0.1) is 0 Å². The van der Waals surface area contributed by atoms with Gasteiger partial charge in [0.1, 0.15) is 17.2 Å². The lowest BCUT2D eigenvalue weighted by atomic mass is 10.1. The maximum absolute atomic E-state index is 13.3. The number of halogens is 1. The van der Waals surface area contributed by atoms with E-state index in [2.05, 4.69) is 0 Å². The summed E-state index contributed by atoms with van der Waals surface area (Å²) < 4.78 is 17.3. The van der Waals surface area contributed by atoms with Crippen LogP contribution in [0.15, 0.2) is 60.0 Å². The molecule has 4 rings (SSSR count). The number of hydrogen-bond donors (Lipinski definition) is 0. The number of imidazole rings is 1. The largest absolute Gasteiger partial charge is 0.351 e. The Morgan fingerprint density at radius 1 is 1.04 bits per heavy atom. The van der Waals surface area contributed by atoms with Gasteiger partial charge in [0.2, 0.25) is 11.5 Å². The summed E-state index contributed by atoms with van der Waals surface area (Å²) in [4.78, 5) is 14.1. The van der Waals surface area contributed by atoms with E-state index in [1.807, 2.05) is 58.5 Å². The van der Waals surface area contributed by atoms with Crippen molar-refractivity contribution in [1.82, 2.24) is 4.40 Å². The number of rotatable bonds is 3. The van der Waals surface area contributed by atoms with Gasteiger partial charge in [0, 0.05) is 17.9 Å². The van der Waals surface area contributed by atoms with Gasteiger partial charge in [-0.15, -0.1) is 0 Å². The number of aromatic nitrogens is 2. The second kappa shape index (κ2) is 5.93. The third-order valence-electron chi connectivity index (χ3n) is 4.31. The Labute approximate surface area is 148 Å². The molecule has 0 radical (unpaired) electrons. The van der Waals surface area contributed by atoms with Crippen LogP contribution in [0.5, 0.6) is 0 Å². The number of ketones is 1. The van der Waals surface area contributed by atoms with Crippen LogP contribution in [0, 0.1) is 19.7 Å². The van der Waals surface area contributed by atoms with Crippen LogP contribution in [0.2, 0.25) is 0 Å².